The van der Waals surface area contributed by atoms with Gasteiger partial charge in [-0.05, 0) is 18.1 Å². The zero-order valence-electron chi connectivity index (χ0n) is 13.2. The molecule has 0 saturated heterocycles. The Bertz CT molecular complexity index is 713. The zero-order valence-corrected chi connectivity index (χ0v) is 13.2. The van der Waals surface area contributed by atoms with Crippen molar-refractivity contribution < 1.29 is 27.2 Å². The molecule has 1 aromatic heterocycles. The number of hydrogen-bond donors (Lipinski definition) is 1. The molecular weight excluding hydrogens is 327 g/mol. The predicted octanol–water partition coefficient (Wildman–Crippen LogP) is 3.12. The topological polar surface area (TPSA) is 77.3 Å². The van der Waals surface area contributed by atoms with E-state index < -0.39 is 18.1 Å². The summed E-state index contributed by atoms with van der Waals surface area (Å²) >= 11 is 0. The number of hydrogen-bond acceptors (Lipinski definition) is 5. The summed E-state index contributed by atoms with van der Waals surface area (Å²) in [6, 6.07) is 5.76. The molecule has 2 rings (SSSR count). The highest BCUT2D eigenvalue weighted by atomic mass is 19.4. The van der Waals surface area contributed by atoms with E-state index in [9.17, 15) is 18.0 Å². The molecule has 1 N–H and O–H groups in total. The highest BCUT2D eigenvalue weighted by Crippen LogP contribution is 2.26. The van der Waals surface area contributed by atoms with Gasteiger partial charge in [-0.3, -0.25) is 4.79 Å². The average Bonchev–Trinajstić information content (AvgIpc) is 3.00. The van der Waals surface area contributed by atoms with Gasteiger partial charge in [0.1, 0.15) is 11.8 Å². The third-order valence-corrected chi connectivity index (χ3v) is 3.25. The first-order valence-corrected chi connectivity index (χ1v) is 7.08. The molecule has 0 aliphatic rings. The SMILES string of the molecule is COc1cccc(-c2noc([C@@H](NC(=O)C(F)(F)F)C(C)C)n2)c1. The summed E-state index contributed by atoms with van der Waals surface area (Å²) in [7, 11) is 1.50. The fourth-order valence-corrected chi connectivity index (χ4v) is 1.98. The van der Waals surface area contributed by atoms with Gasteiger partial charge in [0.15, 0.2) is 0 Å². The smallest absolute Gasteiger partial charge is 0.471 e. The van der Waals surface area contributed by atoms with Crippen LogP contribution in [-0.2, 0) is 4.79 Å². The van der Waals surface area contributed by atoms with Crippen LogP contribution in [0.25, 0.3) is 11.4 Å². The Morgan fingerprint density at radius 1 is 1.33 bits per heavy atom. The van der Waals surface area contributed by atoms with Crippen LogP contribution in [0.5, 0.6) is 5.75 Å². The molecule has 9 heteroatoms. The third kappa shape index (κ3) is 4.03. The lowest BCUT2D eigenvalue weighted by molar-refractivity contribution is -0.175. The average molecular weight is 343 g/mol. The molecule has 1 atom stereocenters. The summed E-state index contributed by atoms with van der Waals surface area (Å²) in [5.41, 5.74) is 0.578. The number of alkyl halides is 3. The largest absolute Gasteiger partial charge is 0.497 e. The number of methoxy groups -OCH3 is 1. The molecule has 0 bridgehead atoms. The van der Waals surface area contributed by atoms with Crippen LogP contribution in [0.3, 0.4) is 0 Å². The highest BCUT2D eigenvalue weighted by Gasteiger charge is 2.41. The van der Waals surface area contributed by atoms with Gasteiger partial charge in [0.2, 0.25) is 11.7 Å². The normalized spacial score (nSPS) is 13.0. The van der Waals surface area contributed by atoms with Gasteiger partial charge in [0.05, 0.1) is 7.11 Å². The van der Waals surface area contributed by atoms with E-state index in [1.54, 1.807) is 38.1 Å². The van der Waals surface area contributed by atoms with E-state index in [1.807, 2.05) is 5.32 Å². The molecular formula is C15H16F3N3O3. The van der Waals surface area contributed by atoms with Gasteiger partial charge in [-0.15, -0.1) is 0 Å². The van der Waals surface area contributed by atoms with Crippen molar-refractivity contribution in [1.82, 2.24) is 15.5 Å². The molecule has 0 saturated carbocycles. The highest BCUT2D eigenvalue weighted by molar-refractivity contribution is 5.82. The number of ether oxygens (including phenoxy) is 1. The maximum absolute atomic E-state index is 12.4. The molecule has 0 radical (unpaired) electrons. The van der Waals surface area contributed by atoms with Gasteiger partial charge in [-0.25, -0.2) is 0 Å². The Morgan fingerprint density at radius 2 is 2.04 bits per heavy atom. The third-order valence-electron chi connectivity index (χ3n) is 3.25. The number of carbonyl (C=O) groups is 1. The van der Waals surface area contributed by atoms with E-state index in [0.29, 0.717) is 11.3 Å². The van der Waals surface area contributed by atoms with Crippen LogP contribution in [0.1, 0.15) is 25.8 Å². The maximum Gasteiger partial charge on any atom is 0.471 e. The second-order valence-electron chi connectivity index (χ2n) is 5.38. The van der Waals surface area contributed by atoms with E-state index in [4.69, 9.17) is 9.26 Å². The van der Waals surface area contributed by atoms with Gasteiger partial charge in [-0.2, -0.15) is 18.2 Å². The van der Waals surface area contributed by atoms with Crippen molar-refractivity contribution in [1.29, 1.82) is 0 Å². The second-order valence-corrected chi connectivity index (χ2v) is 5.38. The van der Waals surface area contributed by atoms with Gasteiger partial charge >= 0.3 is 12.1 Å². The summed E-state index contributed by atoms with van der Waals surface area (Å²) in [6.45, 7) is 3.27. The lowest BCUT2D eigenvalue weighted by Gasteiger charge is -2.19. The van der Waals surface area contributed by atoms with E-state index in [1.165, 1.54) is 7.11 Å². The lowest BCUT2D eigenvalue weighted by Crippen LogP contribution is -2.40. The molecule has 1 aromatic carbocycles. The molecule has 2 aromatic rings. The van der Waals surface area contributed by atoms with Crippen LogP contribution in [0, 0.1) is 5.92 Å². The molecule has 0 fully saturated rings. The summed E-state index contributed by atoms with van der Waals surface area (Å²) in [4.78, 5) is 15.3. The zero-order chi connectivity index (χ0) is 17.9. The van der Waals surface area contributed by atoms with Gasteiger partial charge in [-0.1, -0.05) is 31.1 Å². The summed E-state index contributed by atoms with van der Waals surface area (Å²) in [5, 5.41) is 5.64. The molecule has 1 amide bonds. The minimum Gasteiger partial charge on any atom is -0.497 e. The minimum atomic E-state index is -4.98. The summed E-state index contributed by atoms with van der Waals surface area (Å²) in [6.07, 6.45) is -4.98. The predicted molar refractivity (Wildman–Crippen MR) is 78.1 cm³/mol. The van der Waals surface area contributed by atoms with Crippen molar-refractivity contribution in [2.75, 3.05) is 7.11 Å². The number of benzene rings is 1. The maximum atomic E-state index is 12.4. The Balaban J connectivity index is 2.27. The van der Waals surface area contributed by atoms with Crippen LogP contribution in [0.15, 0.2) is 28.8 Å². The van der Waals surface area contributed by atoms with Crippen molar-refractivity contribution in [3.8, 4) is 17.1 Å². The lowest BCUT2D eigenvalue weighted by atomic mass is 10.0. The van der Waals surface area contributed by atoms with E-state index >= 15 is 0 Å². The Kier molecular flexibility index (Phi) is 5.10. The van der Waals surface area contributed by atoms with Crippen LogP contribution >= 0.6 is 0 Å². The molecule has 0 aliphatic carbocycles. The number of rotatable bonds is 5. The van der Waals surface area contributed by atoms with Crippen molar-refractivity contribution in [2.24, 2.45) is 5.92 Å². The summed E-state index contributed by atoms with van der Waals surface area (Å²) < 4.78 is 47.5. The number of nitrogens with zero attached hydrogens (tertiary/aromatic N) is 2. The molecule has 6 nitrogen and oxygen atoms in total. The Labute approximate surface area is 136 Å². The standard InChI is InChI=1S/C15H16F3N3O3/c1-8(2)11(19-14(22)15(16,17)18)13-20-12(21-24-13)9-5-4-6-10(7-9)23-3/h4-8,11H,1-3H3,(H,19,22)/t11-/m0/s1. The number of aromatic nitrogens is 2. The van der Waals surface area contributed by atoms with Gasteiger partial charge in [0.25, 0.3) is 0 Å². The van der Waals surface area contributed by atoms with Crippen LogP contribution in [-0.4, -0.2) is 29.3 Å². The van der Waals surface area contributed by atoms with Crippen molar-refractivity contribution in [3.05, 3.63) is 30.2 Å². The van der Waals surface area contributed by atoms with E-state index in [-0.39, 0.29) is 17.6 Å². The number of amides is 1. The molecule has 0 unspecified atom stereocenters. The van der Waals surface area contributed by atoms with E-state index in [2.05, 4.69) is 10.1 Å². The quantitative estimate of drug-likeness (QED) is 0.902. The van der Waals surface area contributed by atoms with Gasteiger partial charge in [0, 0.05) is 5.56 Å². The second kappa shape index (κ2) is 6.90. The van der Waals surface area contributed by atoms with Crippen molar-refractivity contribution >= 4 is 5.91 Å². The summed E-state index contributed by atoms with van der Waals surface area (Å²) in [5.74, 6) is -1.77. The van der Waals surface area contributed by atoms with Crippen LogP contribution < -0.4 is 10.1 Å². The van der Waals surface area contributed by atoms with Crippen LogP contribution in [0.4, 0.5) is 13.2 Å². The number of nitrogens with one attached hydrogen (secondary N) is 1. The molecule has 0 aliphatic heterocycles. The van der Waals surface area contributed by atoms with Crippen molar-refractivity contribution in [2.45, 2.75) is 26.1 Å². The minimum absolute atomic E-state index is 0.0968. The first kappa shape index (κ1) is 17.8. The molecule has 1 heterocycles. The number of carbonyl (C=O) groups excluding carboxylic acids is 1. The van der Waals surface area contributed by atoms with Crippen LogP contribution in [0.2, 0.25) is 0 Å². The molecule has 24 heavy (non-hydrogen) atoms. The van der Waals surface area contributed by atoms with Crippen molar-refractivity contribution in [3.63, 3.8) is 0 Å². The number of halogens is 3. The molecule has 0 spiro atoms. The Hall–Kier alpha value is -2.58. The Morgan fingerprint density at radius 3 is 2.62 bits per heavy atom. The van der Waals surface area contributed by atoms with Gasteiger partial charge < -0.3 is 14.6 Å². The fraction of sp³-hybridized carbons (Fsp3) is 0.400. The van der Waals surface area contributed by atoms with E-state index in [0.717, 1.165) is 0 Å². The first-order chi connectivity index (χ1) is 11.2. The fourth-order valence-electron chi connectivity index (χ4n) is 1.98. The first-order valence-electron chi connectivity index (χ1n) is 7.08. The molecule has 130 valence electrons. The monoisotopic (exact) mass is 343 g/mol.